The lowest BCUT2D eigenvalue weighted by Crippen LogP contribution is -2.48. The number of pyridine rings is 1. The van der Waals surface area contributed by atoms with E-state index in [-0.39, 0.29) is 23.3 Å². The van der Waals surface area contributed by atoms with Crippen molar-refractivity contribution in [3.05, 3.63) is 54.0 Å². The molecule has 0 spiro atoms. The van der Waals surface area contributed by atoms with E-state index >= 15 is 4.39 Å². The number of halogens is 1. The lowest BCUT2D eigenvalue weighted by molar-refractivity contribution is 0.142. The Morgan fingerprint density at radius 1 is 1.15 bits per heavy atom. The predicted molar refractivity (Wildman–Crippen MR) is 151 cm³/mol. The summed E-state index contributed by atoms with van der Waals surface area (Å²) in [6.45, 7) is 2.82. The van der Waals surface area contributed by atoms with Gasteiger partial charge in [-0.3, -0.25) is 4.98 Å². The third-order valence-corrected chi connectivity index (χ3v) is 7.88. The number of piperazine rings is 1. The van der Waals surface area contributed by atoms with E-state index in [1.807, 2.05) is 35.2 Å². The van der Waals surface area contributed by atoms with Crippen molar-refractivity contribution in [3.63, 3.8) is 0 Å². The first-order valence-corrected chi connectivity index (χ1v) is 13.4. The molecule has 2 saturated heterocycles. The number of carbonyl (C=O) groups is 1. The Bertz CT molecular complexity index is 1640. The van der Waals surface area contributed by atoms with Gasteiger partial charge in [-0.15, -0.1) is 6.42 Å². The Morgan fingerprint density at radius 3 is 2.62 bits per heavy atom. The number of fused-ring (bicyclic) bond motifs is 2. The van der Waals surface area contributed by atoms with Crippen LogP contribution in [0.5, 0.6) is 6.01 Å². The van der Waals surface area contributed by atoms with Crippen LogP contribution in [0.2, 0.25) is 0 Å². The number of aromatic nitrogens is 3. The fraction of sp³-hybridized carbons (Fsp3) is 0.333. The molecule has 1 unspecified atom stereocenters. The molecule has 2 aromatic carbocycles. The topological polar surface area (TPSA) is 94.9 Å². The highest BCUT2D eigenvalue weighted by atomic mass is 19.1. The molecule has 1 amide bonds. The van der Waals surface area contributed by atoms with Gasteiger partial charge in [0.1, 0.15) is 23.6 Å². The molecule has 204 valence electrons. The zero-order chi connectivity index (χ0) is 27.8. The van der Waals surface area contributed by atoms with Crippen molar-refractivity contribution in [1.29, 1.82) is 0 Å². The average Bonchev–Trinajstić information content (AvgIpc) is 3.40. The number of amides is 1. The second kappa shape index (κ2) is 10.6. The molecule has 0 aliphatic carbocycles. The summed E-state index contributed by atoms with van der Waals surface area (Å²) in [6, 6.07) is 11.5. The number of anilines is 1. The number of likely N-dealkylation sites (tertiary alicyclic amines) is 1. The lowest BCUT2D eigenvalue weighted by Gasteiger charge is -2.34. The molecule has 10 heteroatoms. The first-order valence-electron chi connectivity index (χ1n) is 13.4. The van der Waals surface area contributed by atoms with Gasteiger partial charge >= 0.3 is 12.1 Å². The number of carboxylic acid groups (broad SMARTS) is 1. The molecule has 2 aliphatic rings. The van der Waals surface area contributed by atoms with E-state index in [1.165, 1.54) is 4.90 Å². The molecule has 40 heavy (non-hydrogen) atoms. The van der Waals surface area contributed by atoms with Crippen molar-refractivity contribution < 1.29 is 19.0 Å². The number of ether oxygens (including phenoxy) is 1. The maximum Gasteiger partial charge on any atom is 0.407 e. The van der Waals surface area contributed by atoms with Crippen LogP contribution < -0.4 is 9.64 Å². The van der Waals surface area contributed by atoms with Crippen LogP contribution in [0.1, 0.15) is 18.4 Å². The minimum atomic E-state index is -0.962. The second-order valence-electron chi connectivity index (χ2n) is 10.2. The van der Waals surface area contributed by atoms with E-state index in [2.05, 4.69) is 32.8 Å². The molecule has 0 radical (unpaired) electrons. The third-order valence-electron chi connectivity index (χ3n) is 7.88. The van der Waals surface area contributed by atoms with Crippen LogP contribution in [0.15, 0.2) is 42.6 Å². The Labute approximate surface area is 231 Å². The van der Waals surface area contributed by atoms with Crippen LogP contribution in [0.25, 0.3) is 32.9 Å². The Kier molecular flexibility index (Phi) is 6.82. The summed E-state index contributed by atoms with van der Waals surface area (Å²) in [5, 5.41) is 11.5. The van der Waals surface area contributed by atoms with Crippen molar-refractivity contribution >= 4 is 33.6 Å². The molecule has 2 fully saturated rings. The zero-order valence-electron chi connectivity index (χ0n) is 22.2. The molecular formula is C30H29FN6O3. The molecule has 4 aromatic rings. The van der Waals surface area contributed by atoms with Gasteiger partial charge in [-0.25, -0.2) is 9.18 Å². The lowest BCUT2D eigenvalue weighted by atomic mass is 9.97. The van der Waals surface area contributed by atoms with E-state index < -0.39 is 11.9 Å². The number of likely N-dealkylation sites (N-methyl/N-ethyl adjacent to an activating group) is 1. The molecule has 9 nitrogen and oxygen atoms in total. The Hall–Kier alpha value is -4.49. The summed E-state index contributed by atoms with van der Waals surface area (Å²) in [5.74, 6) is 2.59. The second-order valence-corrected chi connectivity index (χ2v) is 10.2. The van der Waals surface area contributed by atoms with Gasteiger partial charge in [0.25, 0.3) is 0 Å². The number of rotatable bonds is 5. The highest BCUT2D eigenvalue weighted by molar-refractivity contribution is 6.02. The largest absolute Gasteiger partial charge is 0.465 e. The fourth-order valence-electron chi connectivity index (χ4n) is 5.64. The van der Waals surface area contributed by atoms with Gasteiger partial charge in [0.15, 0.2) is 5.82 Å². The number of terminal acetylenes is 1. The number of benzene rings is 2. The summed E-state index contributed by atoms with van der Waals surface area (Å²) in [6.07, 6.45) is 8.51. The first-order chi connectivity index (χ1) is 19.4. The van der Waals surface area contributed by atoms with Crippen molar-refractivity contribution in [3.8, 4) is 29.6 Å². The quantitative estimate of drug-likeness (QED) is 0.376. The van der Waals surface area contributed by atoms with Crippen molar-refractivity contribution in [2.75, 3.05) is 51.3 Å². The van der Waals surface area contributed by atoms with E-state index in [9.17, 15) is 9.90 Å². The van der Waals surface area contributed by atoms with Crippen molar-refractivity contribution in [1.82, 2.24) is 24.8 Å². The van der Waals surface area contributed by atoms with E-state index in [0.717, 1.165) is 30.2 Å². The van der Waals surface area contributed by atoms with E-state index in [1.54, 1.807) is 12.3 Å². The number of nitrogens with zero attached hydrogens (tertiary/aromatic N) is 6. The Morgan fingerprint density at radius 2 is 1.93 bits per heavy atom. The summed E-state index contributed by atoms with van der Waals surface area (Å²) in [5.41, 5.74) is 1.47. The SMILES string of the molecule is C#Cc1cccc2cccc(-c3ncc4c(N5CCN(C(=O)O)CC5)nc(OCC5CCCN5C)nc4c3F)c12. The molecule has 1 N–H and O–H groups in total. The fourth-order valence-corrected chi connectivity index (χ4v) is 5.64. The van der Waals surface area contributed by atoms with E-state index in [4.69, 9.17) is 11.2 Å². The van der Waals surface area contributed by atoms with Crippen LogP contribution in [0, 0.1) is 18.2 Å². The normalized spacial score (nSPS) is 17.9. The van der Waals surface area contributed by atoms with Crippen LogP contribution in [0.3, 0.4) is 0 Å². The molecule has 1 atom stereocenters. The molecular weight excluding hydrogens is 511 g/mol. The average molecular weight is 541 g/mol. The van der Waals surface area contributed by atoms with E-state index in [0.29, 0.717) is 55.1 Å². The number of hydrogen-bond donors (Lipinski definition) is 1. The zero-order valence-corrected chi connectivity index (χ0v) is 22.2. The predicted octanol–water partition coefficient (Wildman–Crippen LogP) is 4.24. The summed E-state index contributed by atoms with van der Waals surface area (Å²) < 4.78 is 22.5. The summed E-state index contributed by atoms with van der Waals surface area (Å²) >= 11 is 0. The molecule has 0 bridgehead atoms. The third kappa shape index (κ3) is 4.62. The molecule has 0 saturated carbocycles. The van der Waals surface area contributed by atoms with Crippen LogP contribution in [-0.4, -0.2) is 88.4 Å². The number of hydrogen-bond acceptors (Lipinski definition) is 7. The van der Waals surface area contributed by atoms with Crippen LogP contribution in [-0.2, 0) is 0 Å². The van der Waals surface area contributed by atoms with Gasteiger partial charge in [0, 0.05) is 54.9 Å². The molecule has 4 heterocycles. The molecule has 2 aromatic heterocycles. The monoisotopic (exact) mass is 540 g/mol. The maximum atomic E-state index is 16.4. The van der Waals surface area contributed by atoms with Gasteiger partial charge in [-0.1, -0.05) is 36.3 Å². The van der Waals surface area contributed by atoms with Gasteiger partial charge in [0.05, 0.1) is 5.39 Å². The highest BCUT2D eigenvalue weighted by Crippen LogP contribution is 2.36. The van der Waals surface area contributed by atoms with Crippen molar-refractivity contribution in [2.45, 2.75) is 18.9 Å². The summed E-state index contributed by atoms with van der Waals surface area (Å²) in [4.78, 5) is 30.7. The van der Waals surface area contributed by atoms with Gasteiger partial charge in [-0.05, 0) is 37.9 Å². The van der Waals surface area contributed by atoms with Gasteiger partial charge in [0.2, 0.25) is 0 Å². The highest BCUT2D eigenvalue weighted by Gasteiger charge is 2.27. The Balaban J connectivity index is 1.46. The van der Waals surface area contributed by atoms with Crippen molar-refractivity contribution in [2.24, 2.45) is 0 Å². The maximum absolute atomic E-state index is 16.4. The van der Waals surface area contributed by atoms with Crippen LogP contribution in [0.4, 0.5) is 15.0 Å². The van der Waals surface area contributed by atoms with Crippen LogP contribution >= 0.6 is 0 Å². The minimum absolute atomic E-state index is 0.0850. The minimum Gasteiger partial charge on any atom is -0.465 e. The first kappa shape index (κ1) is 25.8. The molecule has 6 rings (SSSR count). The summed E-state index contributed by atoms with van der Waals surface area (Å²) in [7, 11) is 2.06. The van der Waals surface area contributed by atoms with Gasteiger partial charge < -0.3 is 24.5 Å². The smallest absolute Gasteiger partial charge is 0.407 e. The molecule has 2 aliphatic heterocycles. The standard InChI is InChI=1S/C30H29FN6O3/c1-3-19-7-4-8-20-9-5-11-22(24(19)20)26-25(31)27-23(17-32-26)28(36-13-15-37(16-14-36)30(38)39)34-29(33-27)40-18-21-10-6-12-35(21)2/h1,4-5,7-9,11,17,21H,6,10,12-16,18H2,2H3,(H,38,39). The van der Waals surface area contributed by atoms with Gasteiger partial charge in [-0.2, -0.15) is 9.97 Å².